The first-order chi connectivity index (χ1) is 8.13. The summed E-state index contributed by atoms with van der Waals surface area (Å²) < 4.78 is 6.81. The number of fused-ring (bicyclic) bond motifs is 1. The van der Waals surface area contributed by atoms with E-state index in [9.17, 15) is 4.79 Å². The van der Waals surface area contributed by atoms with E-state index < -0.39 is 0 Å². The SMILES string of the molecule is COCCn1c(=S)[nH]c2ccc(Cl)cc2c1=O. The molecule has 0 aliphatic carbocycles. The van der Waals surface area contributed by atoms with Crippen molar-refractivity contribution in [3.05, 3.63) is 38.3 Å². The van der Waals surface area contributed by atoms with Crippen molar-refractivity contribution in [3.8, 4) is 0 Å². The maximum absolute atomic E-state index is 12.2. The molecule has 0 spiro atoms. The third-order valence-corrected chi connectivity index (χ3v) is 3.02. The minimum atomic E-state index is -0.150. The average molecular weight is 271 g/mol. The van der Waals surface area contributed by atoms with Gasteiger partial charge < -0.3 is 9.72 Å². The monoisotopic (exact) mass is 270 g/mol. The predicted molar refractivity (Wildman–Crippen MR) is 70.3 cm³/mol. The van der Waals surface area contributed by atoms with Crippen LogP contribution < -0.4 is 5.56 Å². The standard InChI is InChI=1S/C11H11ClN2O2S/c1-16-5-4-14-10(15)8-6-7(12)2-3-9(8)13-11(14)17/h2-3,6H,4-5H2,1H3,(H,13,17). The number of hydrogen-bond acceptors (Lipinski definition) is 3. The van der Waals surface area contributed by atoms with Gasteiger partial charge in [-0.15, -0.1) is 0 Å². The van der Waals surface area contributed by atoms with E-state index in [2.05, 4.69) is 4.98 Å². The first-order valence-corrected chi connectivity index (χ1v) is 5.83. The smallest absolute Gasteiger partial charge is 0.262 e. The van der Waals surface area contributed by atoms with E-state index in [-0.39, 0.29) is 5.56 Å². The molecule has 90 valence electrons. The molecule has 0 amide bonds. The number of aromatic amines is 1. The van der Waals surface area contributed by atoms with Gasteiger partial charge in [-0.2, -0.15) is 0 Å². The van der Waals surface area contributed by atoms with Gasteiger partial charge in [0, 0.05) is 12.1 Å². The average Bonchev–Trinajstić information content (AvgIpc) is 2.30. The number of H-pyrrole nitrogens is 1. The molecular weight excluding hydrogens is 260 g/mol. The summed E-state index contributed by atoms with van der Waals surface area (Å²) in [5.41, 5.74) is 0.543. The van der Waals surface area contributed by atoms with Crippen LogP contribution in [0.2, 0.25) is 5.02 Å². The van der Waals surface area contributed by atoms with Gasteiger partial charge >= 0.3 is 0 Å². The molecule has 2 rings (SSSR count). The Hall–Kier alpha value is -1.17. The largest absolute Gasteiger partial charge is 0.383 e. The van der Waals surface area contributed by atoms with Crippen LogP contribution in [0.3, 0.4) is 0 Å². The lowest BCUT2D eigenvalue weighted by molar-refractivity contribution is 0.185. The number of rotatable bonds is 3. The molecule has 0 unspecified atom stereocenters. The first kappa shape index (κ1) is 12.3. The summed E-state index contributed by atoms with van der Waals surface area (Å²) in [6.07, 6.45) is 0. The number of ether oxygens (including phenoxy) is 1. The maximum atomic E-state index is 12.2. The van der Waals surface area contributed by atoms with Gasteiger partial charge in [0.15, 0.2) is 4.77 Å². The zero-order valence-electron chi connectivity index (χ0n) is 9.20. The number of benzene rings is 1. The van der Waals surface area contributed by atoms with Gasteiger partial charge in [0.1, 0.15) is 0 Å². The molecule has 1 aromatic carbocycles. The number of methoxy groups -OCH3 is 1. The highest BCUT2D eigenvalue weighted by molar-refractivity contribution is 7.71. The topological polar surface area (TPSA) is 47.0 Å². The van der Waals surface area contributed by atoms with Crippen molar-refractivity contribution in [2.45, 2.75) is 6.54 Å². The zero-order valence-corrected chi connectivity index (χ0v) is 10.8. The van der Waals surface area contributed by atoms with Crippen molar-refractivity contribution < 1.29 is 4.74 Å². The summed E-state index contributed by atoms with van der Waals surface area (Å²) in [4.78, 5) is 15.2. The van der Waals surface area contributed by atoms with Crippen molar-refractivity contribution in [1.82, 2.24) is 9.55 Å². The fourth-order valence-corrected chi connectivity index (χ4v) is 2.06. The van der Waals surface area contributed by atoms with Gasteiger partial charge in [0.25, 0.3) is 5.56 Å². The summed E-state index contributed by atoms with van der Waals surface area (Å²) in [5, 5.41) is 1.06. The van der Waals surface area contributed by atoms with Gasteiger partial charge in [-0.3, -0.25) is 9.36 Å². The van der Waals surface area contributed by atoms with Gasteiger partial charge in [-0.25, -0.2) is 0 Å². The molecular formula is C11H11ClN2O2S. The molecule has 6 heteroatoms. The van der Waals surface area contributed by atoms with E-state index in [4.69, 9.17) is 28.6 Å². The number of nitrogens with zero attached hydrogens (tertiary/aromatic N) is 1. The molecule has 1 N–H and O–H groups in total. The van der Waals surface area contributed by atoms with Gasteiger partial charge in [-0.1, -0.05) is 11.6 Å². The van der Waals surface area contributed by atoms with E-state index in [1.165, 1.54) is 4.57 Å². The van der Waals surface area contributed by atoms with Crippen molar-refractivity contribution >= 4 is 34.7 Å². The fraction of sp³-hybridized carbons (Fsp3) is 0.273. The van der Waals surface area contributed by atoms with Gasteiger partial charge in [-0.05, 0) is 30.4 Å². The van der Waals surface area contributed by atoms with E-state index >= 15 is 0 Å². The molecule has 0 saturated carbocycles. The summed E-state index contributed by atoms with van der Waals surface area (Å²) in [5.74, 6) is 0. The fourth-order valence-electron chi connectivity index (χ4n) is 1.61. The summed E-state index contributed by atoms with van der Waals surface area (Å²) in [7, 11) is 1.58. The van der Waals surface area contributed by atoms with Crippen LogP contribution in [0.15, 0.2) is 23.0 Å². The van der Waals surface area contributed by atoms with E-state index in [0.717, 1.165) is 0 Å². The lowest BCUT2D eigenvalue weighted by Crippen LogP contribution is -2.24. The second kappa shape index (κ2) is 5.00. The second-order valence-corrected chi connectivity index (χ2v) is 4.39. The molecule has 0 radical (unpaired) electrons. The van der Waals surface area contributed by atoms with Crippen molar-refractivity contribution in [3.63, 3.8) is 0 Å². The third kappa shape index (κ3) is 2.41. The number of nitrogens with one attached hydrogen (secondary N) is 1. The Labute approximate surface area is 108 Å². The molecule has 1 aromatic heterocycles. The van der Waals surface area contributed by atoms with E-state index in [0.29, 0.717) is 33.8 Å². The van der Waals surface area contributed by atoms with Crippen LogP contribution >= 0.6 is 23.8 Å². The van der Waals surface area contributed by atoms with Crippen LogP contribution in [-0.4, -0.2) is 23.3 Å². The highest BCUT2D eigenvalue weighted by Crippen LogP contribution is 2.14. The van der Waals surface area contributed by atoms with Crippen molar-refractivity contribution in [2.75, 3.05) is 13.7 Å². The Balaban J connectivity index is 2.69. The van der Waals surface area contributed by atoms with Crippen molar-refractivity contribution in [2.24, 2.45) is 0 Å². The normalized spacial score (nSPS) is 10.9. The Morgan fingerprint density at radius 2 is 2.29 bits per heavy atom. The second-order valence-electron chi connectivity index (χ2n) is 3.57. The molecule has 2 aromatic rings. The molecule has 0 saturated heterocycles. The van der Waals surface area contributed by atoms with Crippen LogP contribution in [0.1, 0.15) is 0 Å². The van der Waals surface area contributed by atoms with Crippen LogP contribution in [0.5, 0.6) is 0 Å². The zero-order chi connectivity index (χ0) is 12.4. The highest BCUT2D eigenvalue weighted by Gasteiger charge is 2.05. The number of halogens is 1. The number of aromatic nitrogens is 2. The molecule has 17 heavy (non-hydrogen) atoms. The van der Waals surface area contributed by atoms with E-state index in [1.807, 2.05) is 0 Å². The van der Waals surface area contributed by atoms with Crippen LogP contribution in [0.25, 0.3) is 10.9 Å². The Kier molecular flexibility index (Phi) is 3.61. The van der Waals surface area contributed by atoms with Gasteiger partial charge in [0.2, 0.25) is 0 Å². The Bertz CT molecular complexity index is 663. The van der Waals surface area contributed by atoms with Crippen LogP contribution in [0, 0.1) is 4.77 Å². The molecule has 0 aliphatic rings. The maximum Gasteiger partial charge on any atom is 0.262 e. The third-order valence-electron chi connectivity index (χ3n) is 2.46. The lowest BCUT2D eigenvalue weighted by atomic mass is 10.2. The Morgan fingerprint density at radius 1 is 1.53 bits per heavy atom. The number of hydrogen-bond donors (Lipinski definition) is 1. The van der Waals surface area contributed by atoms with Crippen LogP contribution in [-0.2, 0) is 11.3 Å². The highest BCUT2D eigenvalue weighted by atomic mass is 35.5. The summed E-state index contributed by atoms with van der Waals surface area (Å²) in [6.45, 7) is 0.858. The molecule has 0 fully saturated rings. The summed E-state index contributed by atoms with van der Waals surface area (Å²) in [6, 6.07) is 5.09. The molecule has 0 atom stereocenters. The summed E-state index contributed by atoms with van der Waals surface area (Å²) >= 11 is 11.0. The lowest BCUT2D eigenvalue weighted by Gasteiger charge is -2.07. The van der Waals surface area contributed by atoms with Crippen LogP contribution in [0.4, 0.5) is 0 Å². The molecule has 0 aliphatic heterocycles. The van der Waals surface area contributed by atoms with E-state index in [1.54, 1.807) is 25.3 Å². The molecule has 4 nitrogen and oxygen atoms in total. The molecule has 0 bridgehead atoms. The predicted octanol–water partition coefficient (Wildman–Crippen LogP) is 2.36. The minimum Gasteiger partial charge on any atom is -0.383 e. The molecule has 1 heterocycles. The first-order valence-electron chi connectivity index (χ1n) is 5.05. The van der Waals surface area contributed by atoms with Gasteiger partial charge in [0.05, 0.1) is 24.1 Å². The quantitative estimate of drug-likeness (QED) is 0.871. The Morgan fingerprint density at radius 3 is 3.00 bits per heavy atom. The van der Waals surface area contributed by atoms with Crippen molar-refractivity contribution in [1.29, 1.82) is 0 Å². The minimum absolute atomic E-state index is 0.150.